The van der Waals surface area contributed by atoms with Crippen molar-refractivity contribution in [2.75, 3.05) is 13.7 Å². The van der Waals surface area contributed by atoms with Crippen molar-refractivity contribution in [2.45, 2.75) is 20.0 Å². The first-order valence-corrected chi connectivity index (χ1v) is 7.00. The normalized spacial score (nSPS) is 10.4. The summed E-state index contributed by atoms with van der Waals surface area (Å²) in [4.78, 5) is 11.9. The van der Waals surface area contributed by atoms with E-state index in [1.807, 2.05) is 55.5 Å². The van der Waals surface area contributed by atoms with Crippen molar-refractivity contribution in [1.82, 2.24) is 0 Å². The van der Waals surface area contributed by atoms with Gasteiger partial charge in [0.25, 0.3) is 0 Å². The van der Waals surface area contributed by atoms with Gasteiger partial charge in [0.15, 0.2) is 5.78 Å². The minimum Gasteiger partial charge on any atom is -0.489 e. The highest BCUT2D eigenvalue weighted by Gasteiger charge is 2.08. The Hall–Kier alpha value is -2.13. The lowest BCUT2D eigenvalue weighted by Crippen LogP contribution is -2.04. The van der Waals surface area contributed by atoms with Gasteiger partial charge in [0.05, 0.1) is 6.61 Å². The highest BCUT2D eigenvalue weighted by molar-refractivity contribution is 5.96. The summed E-state index contributed by atoms with van der Waals surface area (Å²) in [6.07, 6.45) is 0.403. The van der Waals surface area contributed by atoms with Crippen molar-refractivity contribution in [2.24, 2.45) is 0 Å². The fourth-order valence-corrected chi connectivity index (χ4v) is 2.06. The highest BCUT2D eigenvalue weighted by Crippen LogP contribution is 2.21. The molecular formula is C18H20O3. The molecule has 0 radical (unpaired) electrons. The van der Waals surface area contributed by atoms with Gasteiger partial charge in [-0.25, -0.2) is 0 Å². The summed E-state index contributed by atoms with van der Waals surface area (Å²) in [7, 11) is 1.60. The number of ketones is 1. The van der Waals surface area contributed by atoms with Crippen LogP contribution in [-0.2, 0) is 11.3 Å². The van der Waals surface area contributed by atoms with E-state index in [0.29, 0.717) is 25.2 Å². The van der Waals surface area contributed by atoms with E-state index in [1.165, 1.54) is 0 Å². The van der Waals surface area contributed by atoms with E-state index in [-0.39, 0.29) is 5.78 Å². The monoisotopic (exact) mass is 284 g/mol. The molecule has 0 atom stereocenters. The van der Waals surface area contributed by atoms with Crippen molar-refractivity contribution in [3.8, 4) is 5.75 Å². The Morgan fingerprint density at radius 3 is 2.52 bits per heavy atom. The van der Waals surface area contributed by atoms with E-state index in [9.17, 15) is 4.79 Å². The summed E-state index contributed by atoms with van der Waals surface area (Å²) in [6, 6.07) is 15.6. The number of rotatable bonds is 7. The van der Waals surface area contributed by atoms with Gasteiger partial charge in [0, 0.05) is 19.1 Å². The number of carbonyl (C=O) groups excluding carboxylic acids is 1. The van der Waals surface area contributed by atoms with Gasteiger partial charge in [-0.1, -0.05) is 30.3 Å². The van der Waals surface area contributed by atoms with Crippen LogP contribution in [0.3, 0.4) is 0 Å². The Kier molecular flexibility index (Phi) is 5.52. The largest absolute Gasteiger partial charge is 0.489 e. The van der Waals surface area contributed by atoms with Crippen LogP contribution < -0.4 is 4.74 Å². The number of carbonyl (C=O) groups is 1. The van der Waals surface area contributed by atoms with Crippen molar-refractivity contribution < 1.29 is 14.3 Å². The third kappa shape index (κ3) is 4.43. The van der Waals surface area contributed by atoms with Crippen LogP contribution in [0.4, 0.5) is 0 Å². The molecule has 2 aromatic rings. The van der Waals surface area contributed by atoms with Crippen LogP contribution in [0.25, 0.3) is 0 Å². The molecule has 0 aliphatic rings. The Balaban J connectivity index is 2.00. The fraction of sp³-hybridized carbons (Fsp3) is 0.278. The predicted octanol–water partition coefficient (Wildman–Crippen LogP) is 3.79. The van der Waals surface area contributed by atoms with E-state index in [4.69, 9.17) is 9.47 Å². The molecule has 0 amide bonds. The topological polar surface area (TPSA) is 35.5 Å². The molecule has 0 aliphatic carbocycles. The predicted molar refractivity (Wildman–Crippen MR) is 82.8 cm³/mol. The second-order valence-corrected chi connectivity index (χ2v) is 4.92. The summed E-state index contributed by atoms with van der Waals surface area (Å²) in [6.45, 7) is 2.93. The standard InChI is InChI=1S/C18H20O3/c1-14-12-16(17(19)10-11-20-2)8-9-18(14)21-13-15-6-4-3-5-7-15/h3-9,12H,10-11,13H2,1-2H3. The van der Waals surface area contributed by atoms with E-state index < -0.39 is 0 Å². The summed E-state index contributed by atoms with van der Waals surface area (Å²) < 4.78 is 10.7. The van der Waals surface area contributed by atoms with Gasteiger partial charge >= 0.3 is 0 Å². The van der Waals surface area contributed by atoms with Crippen LogP contribution >= 0.6 is 0 Å². The number of benzene rings is 2. The number of Topliss-reactive ketones (excluding diaryl/α,β-unsaturated/α-hetero) is 1. The van der Waals surface area contributed by atoms with E-state index in [1.54, 1.807) is 7.11 Å². The molecule has 2 aromatic carbocycles. The van der Waals surface area contributed by atoms with E-state index in [0.717, 1.165) is 16.9 Å². The summed E-state index contributed by atoms with van der Waals surface area (Å²) in [5.41, 5.74) is 2.79. The van der Waals surface area contributed by atoms with Crippen molar-refractivity contribution in [3.05, 3.63) is 65.2 Å². The minimum absolute atomic E-state index is 0.0922. The maximum Gasteiger partial charge on any atom is 0.165 e. The molecule has 0 spiro atoms. The molecule has 0 saturated heterocycles. The summed E-state index contributed by atoms with van der Waals surface area (Å²) in [5, 5.41) is 0. The highest BCUT2D eigenvalue weighted by atomic mass is 16.5. The molecular weight excluding hydrogens is 264 g/mol. The molecule has 0 unspecified atom stereocenters. The first kappa shape index (κ1) is 15.3. The number of methoxy groups -OCH3 is 1. The zero-order chi connectivity index (χ0) is 15.1. The number of hydrogen-bond acceptors (Lipinski definition) is 3. The van der Waals surface area contributed by atoms with Gasteiger partial charge in [-0.15, -0.1) is 0 Å². The van der Waals surface area contributed by atoms with Crippen LogP contribution in [-0.4, -0.2) is 19.5 Å². The van der Waals surface area contributed by atoms with Crippen molar-refractivity contribution in [1.29, 1.82) is 0 Å². The van der Waals surface area contributed by atoms with Gasteiger partial charge < -0.3 is 9.47 Å². The average molecular weight is 284 g/mol. The molecule has 2 rings (SSSR count). The Morgan fingerprint density at radius 2 is 1.86 bits per heavy atom. The van der Waals surface area contributed by atoms with Crippen molar-refractivity contribution >= 4 is 5.78 Å². The number of hydrogen-bond donors (Lipinski definition) is 0. The summed E-state index contributed by atoms with van der Waals surface area (Å²) in [5.74, 6) is 0.900. The zero-order valence-electron chi connectivity index (χ0n) is 12.5. The maximum absolute atomic E-state index is 11.9. The van der Waals surface area contributed by atoms with Crippen LogP contribution in [0.5, 0.6) is 5.75 Å². The Bertz CT molecular complexity index is 591. The molecule has 21 heavy (non-hydrogen) atoms. The molecule has 0 aromatic heterocycles. The van der Waals surface area contributed by atoms with Gasteiger partial charge in [0.2, 0.25) is 0 Å². The molecule has 0 saturated carbocycles. The number of ether oxygens (including phenoxy) is 2. The van der Waals surface area contributed by atoms with E-state index in [2.05, 4.69) is 0 Å². The Labute approximate surface area is 125 Å². The molecule has 0 aliphatic heterocycles. The molecule has 110 valence electrons. The van der Waals surface area contributed by atoms with Crippen LogP contribution in [0, 0.1) is 6.92 Å². The van der Waals surface area contributed by atoms with Crippen molar-refractivity contribution in [3.63, 3.8) is 0 Å². The zero-order valence-corrected chi connectivity index (χ0v) is 12.5. The molecule has 0 N–H and O–H groups in total. The third-order valence-electron chi connectivity index (χ3n) is 3.27. The molecule has 3 heteroatoms. The maximum atomic E-state index is 11.9. The molecule has 3 nitrogen and oxygen atoms in total. The van der Waals surface area contributed by atoms with Crippen LogP contribution in [0.15, 0.2) is 48.5 Å². The molecule has 0 bridgehead atoms. The van der Waals surface area contributed by atoms with Gasteiger partial charge in [0.1, 0.15) is 12.4 Å². The van der Waals surface area contributed by atoms with Gasteiger partial charge in [-0.05, 0) is 36.2 Å². The van der Waals surface area contributed by atoms with Gasteiger partial charge in [-0.3, -0.25) is 4.79 Å². The second-order valence-electron chi connectivity index (χ2n) is 4.92. The van der Waals surface area contributed by atoms with Gasteiger partial charge in [-0.2, -0.15) is 0 Å². The minimum atomic E-state index is 0.0922. The lowest BCUT2D eigenvalue weighted by molar-refractivity contribution is 0.0932. The van der Waals surface area contributed by atoms with E-state index >= 15 is 0 Å². The van der Waals surface area contributed by atoms with Crippen LogP contribution in [0.1, 0.15) is 27.9 Å². The lowest BCUT2D eigenvalue weighted by Gasteiger charge is -2.10. The first-order valence-electron chi connectivity index (χ1n) is 7.00. The fourth-order valence-electron chi connectivity index (χ4n) is 2.06. The average Bonchev–Trinajstić information content (AvgIpc) is 2.52. The second kappa shape index (κ2) is 7.60. The molecule has 0 fully saturated rings. The number of aryl methyl sites for hydroxylation is 1. The van der Waals surface area contributed by atoms with Crippen LogP contribution in [0.2, 0.25) is 0 Å². The summed E-state index contributed by atoms with van der Waals surface area (Å²) >= 11 is 0. The Morgan fingerprint density at radius 1 is 1.10 bits per heavy atom. The SMILES string of the molecule is COCCC(=O)c1ccc(OCc2ccccc2)c(C)c1. The third-order valence-corrected chi connectivity index (χ3v) is 3.27. The molecule has 0 heterocycles. The quantitative estimate of drug-likeness (QED) is 0.726. The lowest BCUT2D eigenvalue weighted by atomic mass is 10.1. The first-order chi connectivity index (χ1) is 10.2. The smallest absolute Gasteiger partial charge is 0.165 e.